The van der Waals surface area contributed by atoms with Crippen LogP contribution in [0.3, 0.4) is 0 Å². The number of hydrogen-bond donors (Lipinski definition) is 0. The molecule has 0 N–H and O–H groups in total. The Morgan fingerprint density at radius 2 is 1.65 bits per heavy atom. The van der Waals surface area contributed by atoms with Crippen LogP contribution < -0.4 is 4.74 Å². The summed E-state index contributed by atoms with van der Waals surface area (Å²) in [5.74, 6) is 1.08. The van der Waals surface area contributed by atoms with Crippen LogP contribution in [-0.2, 0) is 11.4 Å². The van der Waals surface area contributed by atoms with Crippen LogP contribution in [0, 0.1) is 0 Å². The highest BCUT2D eigenvalue weighted by molar-refractivity contribution is 6.01. The van der Waals surface area contributed by atoms with Crippen molar-refractivity contribution >= 4 is 11.4 Å². The van der Waals surface area contributed by atoms with Gasteiger partial charge in [-0.25, -0.2) is 0 Å². The summed E-state index contributed by atoms with van der Waals surface area (Å²) in [6.45, 7) is 0.571. The normalized spacial score (nSPS) is 14.2. The standard InChI is InChI=1S/C18H16O2/c19-17-9-6-16(12-17)15-7-10-18(11-8-15)20-13-14-4-2-1-3-5-14/h1-5,7-8,10-12H,6,9,13H2. The van der Waals surface area contributed by atoms with E-state index in [9.17, 15) is 4.79 Å². The molecule has 0 amide bonds. The van der Waals surface area contributed by atoms with Crippen LogP contribution in [-0.4, -0.2) is 5.78 Å². The number of rotatable bonds is 4. The Kier molecular flexibility index (Phi) is 3.64. The largest absolute Gasteiger partial charge is 0.489 e. The van der Waals surface area contributed by atoms with Gasteiger partial charge in [-0.1, -0.05) is 42.5 Å². The van der Waals surface area contributed by atoms with E-state index in [1.54, 1.807) is 6.08 Å². The minimum atomic E-state index is 0.226. The Morgan fingerprint density at radius 3 is 2.30 bits per heavy atom. The summed E-state index contributed by atoms with van der Waals surface area (Å²) in [5, 5.41) is 0. The average molecular weight is 264 g/mol. The number of carbonyl (C=O) groups is 1. The molecule has 0 aromatic heterocycles. The zero-order valence-electron chi connectivity index (χ0n) is 11.2. The van der Waals surface area contributed by atoms with Crippen molar-refractivity contribution in [3.8, 4) is 5.75 Å². The molecule has 3 rings (SSSR count). The first kappa shape index (κ1) is 12.7. The van der Waals surface area contributed by atoms with Crippen LogP contribution in [0.5, 0.6) is 5.75 Å². The Labute approximate surface area is 118 Å². The van der Waals surface area contributed by atoms with Crippen LogP contribution in [0.4, 0.5) is 0 Å². The van der Waals surface area contributed by atoms with Crippen LogP contribution in [0.1, 0.15) is 24.0 Å². The predicted octanol–water partition coefficient (Wildman–Crippen LogP) is 4.01. The molecule has 0 spiro atoms. The maximum absolute atomic E-state index is 11.3. The van der Waals surface area contributed by atoms with Crippen molar-refractivity contribution in [2.75, 3.05) is 0 Å². The number of ketones is 1. The molecule has 2 aromatic rings. The molecule has 0 saturated carbocycles. The van der Waals surface area contributed by atoms with Gasteiger partial charge in [0.15, 0.2) is 5.78 Å². The fourth-order valence-corrected chi connectivity index (χ4v) is 2.33. The van der Waals surface area contributed by atoms with Gasteiger partial charge in [-0.3, -0.25) is 4.79 Å². The smallest absolute Gasteiger partial charge is 0.156 e. The summed E-state index contributed by atoms with van der Waals surface area (Å²) in [6.07, 6.45) is 3.24. The molecule has 0 radical (unpaired) electrons. The molecule has 100 valence electrons. The molecule has 2 nitrogen and oxygen atoms in total. The van der Waals surface area contributed by atoms with Crippen molar-refractivity contribution in [2.45, 2.75) is 19.4 Å². The molecule has 0 aliphatic heterocycles. The van der Waals surface area contributed by atoms with Crippen molar-refractivity contribution in [3.05, 3.63) is 71.8 Å². The van der Waals surface area contributed by atoms with Gasteiger partial charge in [0.2, 0.25) is 0 Å². The van der Waals surface area contributed by atoms with Gasteiger partial charge >= 0.3 is 0 Å². The molecule has 1 aliphatic rings. The third-order valence-electron chi connectivity index (χ3n) is 3.45. The highest BCUT2D eigenvalue weighted by Gasteiger charge is 2.13. The summed E-state index contributed by atoms with van der Waals surface area (Å²) in [4.78, 5) is 11.3. The minimum Gasteiger partial charge on any atom is -0.489 e. The van der Waals surface area contributed by atoms with E-state index >= 15 is 0 Å². The average Bonchev–Trinajstić information content (AvgIpc) is 2.93. The first-order valence-corrected chi connectivity index (χ1v) is 6.82. The second kappa shape index (κ2) is 5.74. The summed E-state index contributed by atoms with van der Waals surface area (Å²) in [5.41, 5.74) is 3.40. The topological polar surface area (TPSA) is 26.3 Å². The van der Waals surface area contributed by atoms with Crippen LogP contribution in [0.2, 0.25) is 0 Å². The van der Waals surface area contributed by atoms with Crippen molar-refractivity contribution < 1.29 is 9.53 Å². The van der Waals surface area contributed by atoms with E-state index in [0.717, 1.165) is 28.9 Å². The van der Waals surface area contributed by atoms with Gasteiger partial charge in [-0.15, -0.1) is 0 Å². The van der Waals surface area contributed by atoms with Gasteiger partial charge in [0.05, 0.1) is 0 Å². The number of carbonyl (C=O) groups excluding carboxylic acids is 1. The van der Waals surface area contributed by atoms with Gasteiger partial charge in [0, 0.05) is 6.42 Å². The van der Waals surface area contributed by atoms with E-state index in [-0.39, 0.29) is 5.78 Å². The van der Waals surface area contributed by atoms with Crippen molar-refractivity contribution in [1.82, 2.24) is 0 Å². The maximum Gasteiger partial charge on any atom is 0.156 e. The van der Waals surface area contributed by atoms with Crippen molar-refractivity contribution in [1.29, 1.82) is 0 Å². The molecule has 20 heavy (non-hydrogen) atoms. The number of benzene rings is 2. The maximum atomic E-state index is 11.3. The van der Waals surface area contributed by atoms with E-state index in [4.69, 9.17) is 4.74 Å². The van der Waals surface area contributed by atoms with Crippen molar-refractivity contribution in [2.24, 2.45) is 0 Å². The zero-order chi connectivity index (χ0) is 13.8. The van der Waals surface area contributed by atoms with Gasteiger partial charge in [0.1, 0.15) is 12.4 Å². The fourth-order valence-electron chi connectivity index (χ4n) is 2.33. The molecule has 1 aliphatic carbocycles. The van der Waals surface area contributed by atoms with E-state index in [2.05, 4.69) is 0 Å². The van der Waals surface area contributed by atoms with E-state index in [0.29, 0.717) is 13.0 Å². The van der Waals surface area contributed by atoms with Crippen molar-refractivity contribution in [3.63, 3.8) is 0 Å². The van der Waals surface area contributed by atoms with Crippen LogP contribution in [0.15, 0.2) is 60.7 Å². The first-order valence-electron chi connectivity index (χ1n) is 6.82. The van der Waals surface area contributed by atoms with Crippen LogP contribution in [0.25, 0.3) is 5.57 Å². The van der Waals surface area contributed by atoms with Gasteiger partial charge in [-0.05, 0) is 41.3 Å². The first-order chi connectivity index (χ1) is 9.81. The summed E-state index contributed by atoms with van der Waals surface area (Å²) < 4.78 is 5.74. The Morgan fingerprint density at radius 1 is 0.900 bits per heavy atom. The molecule has 2 heteroatoms. The lowest BCUT2D eigenvalue weighted by molar-refractivity contribution is -0.114. The Balaban J connectivity index is 1.65. The Bertz CT molecular complexity index is 624. The van der Waals surface area contributed by atoms with E-state index in [1.807, 2.05) is 54.6 Å². The lowest BCUT2D eigenvalue weighted by Gasteiger charge is -2.07. The summed E-state index contributed by atoms with van der Waals surface area (Å²) in [7, 11) is 0. The summed E-state index contributed by atoms with van der Waals surface area (Å²) in [6, 6.07) is 18.1. The second-order valence-corrected chi connectivity index (χ2v) is 4.93. The number of hydrogen-bond acceptors (Lipinski definition) is 2. The molecule has 0 saturated heterocycles. The molecular weight excluding hydrogens is 248 g/mol. The van der Waals surface area contributed by atoms with Gasteiger partial charge < -0.3 is 4.74 Å². The van der Waals surface area contributed by atoms with E-state index < -0.39 is 0 Å². The lowest BCUT2D eigenvalue weighted by Crippen LogP contribution is -1.94. The fraction of sp³-hybridized carbons (Fsp3) is 0.167. The highest BCUT2D eigenvalue weighted by Crippen LogP contribution is 2.27. The monoisotopic (exact) mass is 264 g/mol. The molecular formula is C18H16O2. The molecule has 0 atom stereocenters. The Hall–Kier alpha value is -2.35. The zero-order valence-corrected chi connectivity index (χ0v) is 11.2. The number of allylic oxidation sites excluding steroid dienone is 2. The highest BCUT2D eigenvalue weighted by atomic mass is 16.5. The second-order valence-electron chi connectivity index (χ2n) is 4.93. The molecule has 2 aromatic carbocycles. The number of ether oxygens (including phenoxy) is 1. The van der Waals surface area contributed by atoms with Crippen LogP contribution >= 0.6 is 0 Å². The molecule has 0 bridgehead atoms. The summed E-state index contributed by atoms with van der Waals surface area (Å²) >= 11 is 0. The third-order valence-corrected chi connectivity index (χ3v) is 3.45. The SMILES string of the molecule is O=C1C=C(c2ccc(OCc3ccccc3)cc2)CC1. The third kappa shape index (κ3) is 2.97. The van der Waals surface area contributed by atoms with E-state index in [1.165, 1.54) is 0 Å². The minimum absolute atomic E-state index is 0.226. The predicted molar refractivity (Wildman–Crippen MR) is 79.4 cm³/mol. The molecule has 0 unspecified atom stereocenters. The quantitative estimate of drug-likeness (QED) is 0.834. The molecule has 0 heterocycles. The van der Waals surface area contributed by atoms with Gasteiger partial charge in [0.25, 0.3) is 0 Å². The lowest BCUT2D eigenvalue weighted by atomic mass is 10.1. The molecule has 0 fully saturated rings. The van der Waals surface area contributed by atoms with Gasteiger partial charge in [-0.2, -0.15) is 0 Å².